The molecule has 0 heterocycles. The van der Waals surface area contributed by atoms with E-state index >= 15 is 0 Å². The third kappa shape index (κ3) is 5.93. The molecule has 5 nitrogen and oxygen atoms in total. The molecule has 0 saturated heterocycles. The van der Waals surface area contributed by atoms with Gasteiger partial charge in [-0.1, -0.05) is 13.8 Å². The molecule has 0 aromatic rings. The highest BCUT2D eigenvalue weighted by molar-refractivity contribution is 5.82. The third-order valence-corrected chi connectivity index (χ3v) is 1.60. The summed E-state index contributed by atoms with van der Waals surface area (Å²) >= 11 is 0. The zero-order valence-electron chi connectivity index (χ0n) is 9.96. The van der Waals surface area contributed by atoms with E-state index in [1.165, 1.54) is 0 Å². The molecule has 1 atom stereocenters. The van der Waals surface area contributed by atoms with Crippen LogP contribution in [0.25, 0.3) is 0 Å². The predicted molar refractivity (Wildman–Crippen MR) is 57.2 cm³/mol. The molecule has 0 bridgehead atoms. The van der Waals surface area contributed by atoms with E-state index in [-0.39, 0.29) is 5.92 Å². The predicted octanol–water partition coefficient (Wildman–Crippen LogP) is 1.02. The molecule has 0 spiro atoms. The van der Waals surface area contributed by atoms with Crippen molar-refractivity contribution in [3.8, 4) is 0 Å². The summed E-state index contributed by atoms with van der Waals surface area (Å²) in [5, 5.41) is 2.59. The highest BCUT2D eigenvalue weighted by atomic mass is 16.6. The van der Waals surface area contributed by atoms with Gasteiger partial charge in [-0.3, -0.25) is 4.79 Å². The van der Waals surface area contributed by atoms with E-state index in [0.29, 0.717) is 0 Å². The van der Waals surface area contributed by atoms with Gasteiger partial charge in [-0.25, -0.2) is 4.79 Å². The van der Waals surface area contributed by atoms with E-state index in [0.717, 1.165) is 0 Å². The Morgan fingerprint density at radius 1 is 1.27 bits per heavy atom. The summed E-state index contributed by atoms with van der Waals surface area (Å²) in [6.45, 7) is 8.99. The first-order chi connectivity index (χ1) is 6.63. The van der Waals surface area contributed by atoms with Gasteiger partial charge in [0.15, 0.2) is 6.10 Å². The molecule has 0 aromatic carbocycles. The molecule has 88 valence electrons. The van der Waals surface area contributed by atoms with Crippen LogP contribution in [0.4, 0.5) is 4.79 Å². The first-order valence-corrected chi connectivity index (χ1v) is 4.91. The zero-order valence-corrected chi connectivity index (χ0v) is 9.96. The molecular formula is C10H20N2O3. The first kappa shape index (κ1) is 13.7. The molecule has 3 N–H and O–H groups in total. The fourth-order valence-electron chi connectivity index (χ4n) is 0.974. The Balaban J connectivity index is 4.31. The van der Waals surface area contributed by atoms with Gasteiger partial charge >= 0.3 is 6.09 Å². The average molecular weight is 216 g/mol. The SMILES string of the molecule is CC(C)[C@H](OC(=O)NC(C)(C)C)C(N)=O. The van der Waals surface area contributed by atoms with Crippen LogP contribution in [0.1, 0.15) is 34.6 Å². The van der Waals surface area contributed by atoms with Crippen molar-refractivity contribution in [3.05, 3.63) is 0 Å². The summed E-state index contributed by atoms with van der Waals surface area (Å²) in [6.07, 6.45) is -1.51. The van der Waals surface area contributed by atoms with Gasteiger partial charge < -0.3 is 15.8 Å². The van der Waals surface area contributed by atoms with E-state index in [1.807, 2.05) is 20.8 Å². The van der Waals surface area contributed by atoms with Gasteiger partial charge in [-0.05, 0) is 26.7 Å². The fraction of sp³-hybridized carbons (Fsp3) is 0.800. The second-order valence-corrected chi connectivity index (χ2v) is 4.85. The van der Waals surface area contributed by atoms with Crippen molar-refractivity contribution < 1.29 is 14.3 Å². The second kappa shape index (κ2) is 5.00. The Hall–Kier alpha value is -1.26. The summed E-state index contributed by atoms with van der Waals surface area (Å²) in [5.41, 5.74) is 4.71. The van der Waals surface area contributed by atoms with Crippen molar-refractivity contribution in [3.63, 3.8) is 0 Å². The molecule has 0 rings (SSSR count). The van der Waals surface area contributed by atoms with Crippen molar-refractivity contribution in [1.82, 2.24) is 5.32 Å². The maximum Gasteiger partial charge on any atom is 0.408 e. The number of hydrogen-bond acceptors (Lipinski definition) is 3. The van der Waals surface area contributed by atoms with Crippen LogP contribution >= 0.6 is 0 Å². The lowest BCUT2D eigenvalue weighted by atomic mass is 10.1. The van der Waals surface area contributed by atoms with Gasteiger partial charge in [0.05, 0.1) is 0 Å². The molecule has 2 amide bonds. The molecule has 0 unspecified atom stereocenters. The van der Waals surface area contributed by atoms with Gasteiger partial charge in [0.25, 0.3) is 5.91 Å². The van der Waals surface area contributed by atoms with Gasteiger partial charge in [-0.15, -0.1) is 0 Å². The normalized spacial score (nSPS) is 13.5. The molecule has 0 radical (unpaired) electrons. The summed E-state index contributed by atoms with van der Waals surface area (Å²) < 4.78 is 4.92. The average Bonchev–Trinajstić information content (AvgIpc) is 1.95. The van der Waals surface area contributed by atoms with Crippen LogP contribution in [0.3, 0.4) is 0 Å². The highest BCUT2D eigenvalue weighted by Gasteiger charge is 2.25. The summed E-state index contributed by atoms with van der Waals surface area (Å²) in [6, 6.07) is 0. The van der Waals surface area contributed by atoms with Gasteiger partial charge in [-0.2, -0.15) is 0 Å². The van der Waals surface area contributed by atoms with E-state index in [9.17, 15) is 9.59 Å². The fourth-order valence-corrected chi connectivity index (χ4v) is 0.974. The number of nitrogens with one attached hydrogen (secondary N) is 1. The van der Waals surface area contributed by atoms with Crippen LogP contribution in [-0.4, -0.2) is 23.6 Å². The molecular weight excluding hydrogens is 196 g/mol. The van der Waals surface area contributed by atoms with Crippen LogP contribution in [-0.2, 0) is 9.53 Å². The third-order valence-electron chi connectivity index (χ3n) is 1.60. The molecule has 0 aromatic heterocycles. The van der Waals surface area contributed by atoms with Gasteiger partial charge in [0.1, 0.15) is 0 Å². The topological polar surface area (TPSA) is 81.4 Å². The Kier molecular flexibility index (Phi) is 4.58. The largest absolute Gasteiger partial charge is 0.436 e. The summed E-state index contributed by atoms with van der Waals surface area (Å²) in [4.78, 5) is 22.3. The lowest BCUT2D eigenvalue weighted by molar-refractivity contribution is -0.128. The number of amides is 2. The van der Waals surface area contributed by atoms with Crippen LogP contribution < -0.4 is 11.1 Å². The number of carbonyl (C=O) groups excluding carboxylic acids is 2. The van der Waals surface area contributed by atoms with Gasteiger partial charge in [0.2, 0.25) is 0 Å². The lowest BCUT2D eigenvalue weighted by Gasteiger charge is -2.23. The minimum Gasteiger partial charge on any atom is -0.436 e. The Morgan fingerprint density at radius 3 is 2.00 bits per heavy atom. The molecule has 0 aliphatic carbocycles. The van der Waals surface area contributed by atoms with Crippen molar-refractivity contribution in [1.29, 1.82) is 0 Å². The highest BCUT2D eigenvalue weighted by Crippen LogP contribution is 2.07. The van der Waals surface area contributed by atoms with E-state index in [2.05, 4.69) is 5.32 Å². The minimum absolute atomic E-state index is 0.131. The molecule has 0 fully saturated rings. The summed E-state index contributed by atoms with van der Waals surface area (Å²) in [7, 11) is 0. The van der Waals surface area contributed by atoms with E-state index in [4.69, 9.17) is 10.5 Å². The standard InChI is InChI=1S/C10H20N2O3/c1-6(2)7(8(11)13)15-9(14)12-10(3,4)5/h6-7H,1-5H3,(H2,11,13)(H,12,14)/t7-/m0/s1. The first-order valence-electron chi connectivity index (χ1n) is 4.91. The molecule has 15 heavy (non-hydrogen) atoms. The zero-order chi connectivity index (χ0) is 12.2. The van der Waals surface area contributed by atoms with Gasteiger partial charge in [0, 0.05) is 5.54 Å². The van der Waals surface area contributed by atoms with Crippen LogP contribution in [0.15, 0.2) is 0 Å². The Bertz CT molecular complexity index is 244. The Morgan fingerprint density at radius 2 is 1.73 bits per heavy atom. The van der Waals surface area contributed by atoms with E-state index < -0.39 is 23.6 Å². The number of alkyl carbamates (subject to hydrolysis) is 1. The minimum atomic E-state index is -0.882. The van der Waals surface area contributed by atoms with E-state index in [1.54, 1.807) is 13.8 Å². The van der Waals surface area contributed by atoms with Crippen LogP contribution in [0.5, 0.6) is 0 Å². The quantitative estimate of drug-likeness (QED) is 0.739. The number of carbonyl (C=O) groups is 2. The maximum absolute atomic E-state index is 11.3. The van der Waals surface area contributed by atoms with Crippen molar-refractivity contribution >= 4 is 12.0 Å². The molecule has 0 saturated carbocycles. The van der Waals surface area contributed by atoms with Crippen molar-refractivity contribution in [2.45, 2.75) is 46.3 Å². The number of primary amides is 1. The second-order valence-electron chi connectivity index (χ2n) is 4.85. The number of hydrogen-bond donors (Lipinski definition) is 2. The lowest BCUT2D eigenvalue weighted by Crippen LogP contribution is -2.45. The number of rotatable bonds is 3. The maximum atomic E-state index is 11.3. The monoisotopic (exact) mass is 216 g/mol. The molecule has 0 aliphatic rings. The summed E-state index contributed by atoms with van der Waals surface area (Å²) in [5.74, 6) is -0.762. The Labute approximate surface area is 90.4 Å². The number of nitrogens with two attached hydrogens (primary N) is 1. The smallest absolute Gasteiger partial charge is 0.408 e. The van der Waals surface area contributed by atoms with Crippen LogP contribution in [0.2, 0.25) is 0 Å². The number of ether oxygens (including phenoxy) is 1. The van der Waals surface area contributed by atoms with Crippen molar-refractivity contribution in [2.24, 2.45) is 11.7 Å². The molecule has 0 aliphatic heterocycles. The molecule has 5 heteroatoms. The van der Waals surface area contributed by atoms with Crippen LogP contribution in [0, 0.1) is 5.92 Å². The van der Waals surface area contributed by atoms with Crippen molar-refractivity contribution in [2.75, 3.05) is 0 Å².